The van der Waals surface area contributed by atoms with Crippen LogP contribution in [0.2, 0.25) is 12.1 Å². The van der Waals surface area contributed by atoms with Crippen molar-refractivity contribution in [2.75, 3.05) is 77.6 Å². The molecule has 0 unspecified atom stereocenters. The predicted octanol–water partition coefficient (Wildman–Crippen LogP) is 5.99. The molecule has 0 aliphatic heterocycles. The third-order valence-corrected chi connectivity index (χ3v) is 15.3. The molecule has 0 aromatic heterocycles. The van der Waals surface area contributed by atoms with Gasteiger partial charge in [0.15, 0.2) is 0 Å². The molecule has 0 heterocycles. The van der Waals surface area contributed by atoms with E-state index >= 15 is 0 Å². The molecule has 0 aromatic rings. The summed E-state index contributed by atoms with van der Waals surface area (Å²) in [6.45, 7) is 23.0. The van der Waals surface area contributed by atoms with E-state index in [1.165, 1.54) is 23.5 Å². The van der Waals surface area contributed by atoms with Gasteiger partial charge in [-0.25, -0.2) is 0 Å². The molecule has 0 spiro atoms. The van der Waals surface area contributed by atoms with Crippen molar-refractivity contribution in [2.45, 2.75) is 104 Å². The molecule has 0 radical (unpaired) electrons. The van der Waals surface area contributed by atoms with E-state index in [9.17, 15) is 9.59 Å². The van der Waals surface area contributed by atoms with E-state index < -0.39 is 27.1 Å². The summed E-state index contributed by atoms with van der Waals surface area (Å²) in [5, 5.41) is 0. The topological polar surface area (TPSA) is 117 Å². The Bertz CT molecular complexity index is 695. The quantitative estimate of drug-likeness (QED) is 0.0492. The van der Waals surface area contributed by atoms with E-state index in [-0.39, 0.29) is 38.4 Å². The van der Waals surface area contributed by atoms with Gasteiger partial charge in [-0.2, -0.15) is 0 Å². The lowest BCUT2D eigenvalue weighted by molar-refractivity contribution is -0.148. The average Bonchev–Trinajstić information content (AvgIpc) is 2.97. The van der Waals surface area contributed by atoms with Crippen LogP contribution in [0.4, 0.5) is 0 Å². The van der Waals surface area contributed by atoms with Crippen molar-refractivity contribution >= 4 is 53.1 Å². The van der Waals surface area contributed by atoms with Crippen molar-refractivity contribution in [3.63, 3.8) is 0 Å². The summed E-state index contributed by atoms with van der Waals surface area (Å²) in [6.07, 6.45) is 1.62. The number of esters is 2. The molecule has 268 valence electrons. The molecule has 0 rings (SSSR count). The second-order valence-corrected chi connectivity index (χ2v) is 19.7. The van der Waals surface area contributed by atoms with E-state index in [4.69, 9.17) is 40.8 Å². The fourth-order valence-corrected chi connectivity index (χ4v) is 11.9. The maximum Gasteiger partial charge on any atom is 0.500 e. The molecule has 0 amide bonds. The zero-order valence-corrected chi connectivity index (χ0v) is 33.3. The van der Waals surface area contributed by atoms with Crippen molar-refractivity contribution < 1.29 is 50.4 Å². The summed E-state index contributed by atoms with van der Waals surface area (Å²) in [7, 11) is -5.37. The first-order valence-electron chi connectivity index (χ1n) is 16.4. The summed E-state index contributed by atoms with van der Waals surface area (Å²) in [5.74, 6) is 0.897. The third-order valence-electron chi connectivity index (χ3n) is 6.27. The van der Waals surface area contributed by atoms with Crippen LogP contribution in [-0.2, 0) is 50.4 Å². The fraction of sp³-hybridized carbons (Fsp3) is 0.933. The highest BCUT2D eigenvalue weighted by atomic mass is 32.2. The van der Waals surface area contributed by atoms with Crippen molar-refractivity contribution in [3.05, 3.63) is 0 Å². The molecule has 0 saturated carbocycles. The van der Waals surface area contributed by atoms with Gasteiger partial charge in [0.05, 0.1) is 13.2 Å². The van der Waals surface area contributed by atoms with Crippen molar-refractivity contribution in [1.82, 2.24) is 0 Å². The predicted molar refractivity (Wildman–Crippen MR) is 186 cm³/mol. The second-order valence-electron chi connectivity index (χ2n) is 10.8. The molecule has 0 N–H and O–H groups in total. The van der Waals surface area contributed by atoms with Crippen LogP contribution in [0.25, 0.3) is 0 Å². The van der Waals surface area contributed by atoms with E-state index in [0.717, 1.165) is 24.3 Å². The molecular formula is C30H62O11S2Si2. The van der Waals surface area contributed by atoms with Gasteiger partial charge < -0.3 is 40.8 Å². The summed E-state index contributed by atoms with van der Waals surface area (Å²) in [6, 6.07) is 1.41. The molecule has 0 atom stereocenters. The molecule has 0 aliphatic carbocycles. The zero-order chi connectivity index (χ0) is 34.2. The van der Waals surface area contributed by atoms with Gasteiger partial charge in [0, 0.05) is 51.7 Å². The minimum atomic E-state index is -2.69. The van der Waals surface area contributed by atoms with Crippen LogP contribution in [0, 0.1) is 0 Å². The molecule has 45 heavy (non-hydrogen) atoms. The van der Waals surface area contributed by atoms with E-state index in [1.54, 1.807) is 0 Å². The minimum Gasteiger partial charge on any atom is -0.462 e. The van der Waals surface area contributed by atoms with Gasteiger partial charge >= 0.3 is 29.5 Å². The Kier molecular flexibility index (Phi) is 24.8. The molecule has 0 aromatic carbocycles. The summed E-state index contributed by atoms with van der Waals surface area (Å²) < 4.78 is 50.4. The van der Waals surface area contributed by atoms with Gasteiger partial charge in [-0.05, 0) is 93.6 Å². The number of rotatable bonds is 30. The fourth-order valence-electron chi connectivity index (χ4n) is 4.19. The van der Waals surface area contributed by atoms with Crippen LogP contribution in [0.15, 0.2) is 0 Å². The van der Waals surface area contributed by atoms with Gasteiger partial charge in [0.1, 0.15) is 22.7 Å². The van der Waals surface area contributed by atoms with Gasteiger partial charge in [-0.15, -0.1) is 23.5 Å². The minimum absolute atomic E-state index is 0.128. The van der Waals surface area contributed by atoms with Crippen LogP contribution in [0.1, 0.15) is 82.1 Å². The maximum atomic E-state index is 12.7. The Morgan fingerprint density at radius 2 is 0.800 bits per heavy atom. The molecule has 0 bridgehead atoms. The Balaban J connectivity index is 4.32. The van der Waals surface area contributed by atoms with Crippen LogP contribution in [0.5, 0.6) is 0 Å². The first kappa shape index (κ1) is 44.8. The smallest absolute Gasteiger partial charge is 0.462 e. The van der Waals surface area contributed by atoms with Crippen LogP contribution in [-0.4, -0.2) is 117 Å². The first-order chi connectivity index (χ1) is 21.3. The molecule has 15 heteroatoms. The number of hydrogen-bond acceptors (Lipinski definition) is 13. The van der Waals surface area contributed by atoms with Crippen molar-refractivity contribution in [3.8, 4) is 0 Å². The first-order valence-corrected chi connectivity index (χ1v) is 22.2. The number of ether oxygens (including phenoxy) is 3. The van der Waals surface area contributed by atoms with E-state index in [1.807, 2.05) is 69.2 Å². The Hall–Kier alpha value is -0.206. The molecule has 11 nitrogen and oxygen atoms in total. The van der Waals surface area contributed by atoms with Crippen LogP contribution < -0.4 is 0 Å². The van der Waals surface area contributed by atoms with Crippen LogP contribution in [0.3, 0.4) is 0 Å². The van der Waals surface area contributed by atoms with Crippen molar-refractivity contribution in [2.24, 2.45) is 0 Å². The Labute approximate surface area is 283 Å². The summed E-state index contributed by atoms with van der Waals surface area (Å²) in [5.41, 5.74) is 0. The van der Waals surface area contributed by atoms with Gasteiger partial charge in [0.2, 0.25) is 0 Å². The second kappa shape index (κ2) is 24.9. The highest BCUT2D eigenvalue weighted by Crippen LogP contribution is 2.30. The lowest BCUT2D eigenvalue weighted by Gasteiger charge is -2.29. The normalized spacial score (nSPS) is 12.8. The average molecular weight is 719 g/mol. The third kappa shape index (κ3) is 18.8. The monoisotopic (exact) mass is 718 g/mol. The molecular weight excluding hydrogens is 657 g/mol. The highest BCUT2D eigenvalue weighted by molar-refractivity contribution is 8.01. The molecule has 0 fully saturated rings. The van der Waals surface area contributed by atoms with Gasteiger partial charge in [0.25, 0.3) is 0 Å². The Morgan fingerprint density at radius 3 is 1.07 bits per heavy atom. The number of hydrogen-bond donors (Lipinski definition) is 0. The zero-order valence-electron chi connectivity index (χ0n) is 29.6. The Morgan fingerprint density at radius 1 is 0.511 bits per heavy atom. The highest BCUT2D eigenvalue weighted by Gasteiger charge is 2.41. The standard InChI is InChI=1S/C30H62O11S2Si2/c1-11-36-44(37-12-2,38-13-3)25-17-23-42-29(7,8)27(31)34-21-19-33-20-22-35-28(32)30(9,10)43-24-18-26-45(39-14-4,40-15-5)41-16-6/h11-26H2,1-10H3. The number of carbonyl (C=O) groups is 2. The maximum absolute atomic E-state index is 12.7. The van der Waals surface area contributed by atoms with Crippen LogP contribution >= 0.6 is 23.5 Å². The van der Waals surface area contributed by atoms with E-state index in [0.29, 0.717) is 51.7 Å². The number of thioether (sulfide) groups is 2. The summed E-state index contributed by atoms with van der Waals surface area (Å²) >= 11 is 3.07. The molecule has 0 aliphatic rings. The largest absolute Gasteiger partial charge is 0.500 e. The van der Waals surface area contributed by atoms with Gasteiger partial charge in [-0.3, -0.25) is 9.59 Å². The van der Waals surface area contributed by atoms with E-state index in [2.05, 4.69) is 0 Å². The number of carbonyl (C=O) groups excluding carboxylic acids is 2. The van der Waals surface area contributed by atoms with Gasteiger partial charge in [-0.1, -0.05) is 0 Å². The lowest BCUT2D eigenvalue weighted by Crippen LogP contribution is -2.46. The lowest BCUT2D eigenvalue weighted by atomic mass is 10.2. The van der Waals surface area contributed by atoms with Crippen molar-refractivity contribution in [1.29, 1.82) is 0 Å². The summed E-state index contributed by atoms with van der Waals surface area (Å²) in [4.78, 5) is 25.3. The SMILES string of the molecule is CCO[Si](CCCSC(C)(C)C(=O)OCCOCCOC(=O)C(C)(C)SCCC[Si](OCC)(OCC)OCC)(OCC)OCC. The molecule has 0 saturated heterocycles.